The van der Waals surface area contributed by atoms with Crippen LogP contribution in [0.15, 0.2) is 24.3 Å². The van der Waals surface area contributed by atoms with Gasteiger partial charge in [0.15, 0.2) is 5.69 Å². The maximum absolute atomic E-state index is 12.2. The van der Waals surface area contributed by atoms with Gasteiger partial charge in [-0.15, -0.1) is 0 Å². The van der Waals surface area contributed by atoms with Gasteiger partial charge in [-0.25, -0.2) is 0 Å². The number of nitrogens with zero attached hydrogens (tertiary/aromatic N) is 2. The largest absolute Gasteiger partial charge is 0.344 e. The van der Waals surface area contributed by atoms with Crippen LogP contribution in [0.2, 0.25) is 0 Å². The molecule has 0 bridgehead atoms. The molecule has 1 amide bonds. The van der Waals surface area contributed by atoms with Gasteiger partial charge in [0.2, 0.25) is 0 Å². The predicted octanol–water partition coefficient (Wildman–Crippen LogP) is 1.04. The molecule has 2 rings (SSSR count). The van der Waals surface area contributed by atoms with Crippen molar-refractivity contribution in [2.24, 2.45) is 12.8 Å². The summed E-state index contributed by atoms with van der Waals surface area (Å²) in [5, 5.41) is 8.01. The Kier molecular flexibility index (Phi) is 3.09. The van der Waals surface area contributed by atoms with E-state index in [9.17, 15) is 4.79 Å². The third kappa shape index (κ3) is 2.22. The van der Waals surface area contributed by atoms with Crippen LogP contribution in [0.1, 0.15) is 24.3 Å². The highest BCUT2D eigenvalue weighted by atomic mass is 16.2. The molecule has 0 aliphatic rings. The minimum atomic E-state index is -0.435. The lowest BCUT2D eigenvalue weighted by molar-refractivity contribution is 0.0911. The van der Waals surface area contributed by atoms with Crippen molar-refractivity contribution in [3.05, 3.63) is 30.0 Å². The molecule has 5 nitrogen and oxygen atoms in total. The summed E-state index contributed by atoms with van der Waals surface area (Å²) in [5.41, 5.74) is 6.55. The number of nitrogens with two attached hydrogens (primary N) is 1. The number of carbonyl (C=O) groups is 1. The van der Waals surface area contributed by atoms with Gasteiger partial charge in [-0.05, 0) is 19.9 Å². The molecule has 2 aromatic rings. The normalized spacial score (nSPS) is 11.8. The third-order valence-corrected chi connectivity index (χ3v) is 2.94. The Morgan fingerprint density at radius 1 is 1.44 bits per heavy atom. The van der Waals surface area contributed by atoms with E-state index in [2.05, 4.69) is 10.4 Å². The van der Waals surface area contributed by atoms with E-state index in [-0.39, 0.29) is 5.91 Å². The molecule has 1 aromatic carbocycles. The fourth-order valence-corrected chi connectivity index (χ4v) is 1.80. The Hall–Kier alpha value is -1.88. The predicted molar refractivity (Wildman–Crippen MR) is 71.3 cm³/mol. The second-order valence-corrected chi connectivity index (χ2v) is 5.03. The van der Waals surface area contributed by atoms with Gasteiger partial charge in [0.05, 0.1) is 5.52 Å². The van der Waals surface area contributed by atoms with Crippen LogP contribution in [0.5, 0.6) is 0 Å². The number of aryl methyl sites for hydroxylation is 1. The van der Waals surface area contributed by atoms with Gasteiger partial charge < -0.3 is 11.1 Å². The molecule has 18 heavy (non-hydrogen) atoms. The van der Waals surface area contributed by atoms with Crippen molar-refractivity contribution < 1.29 is 4.79 Å². The number of aromatic nitrogens is 2. The summed E-state index contributed by atoms with van der Waals surface area (Å²) in [6.45, 7) is 4.15. The molecule has 3 N–H and O–H groups in total. The van der Waals surface area contributed by atoms with Crippen LogP contribution in [-0.2, 0) is 7.05 Å². The molecule has 0 fully saturated rings. The first kappa shape index (κ1) is 12.6. The van der Waals surface area contributed by atoms with Crippen molar-refractivity contribution in [2.75, 3.05) is 6.54 Å². The van der Waals surface area contributed by atoms with Crippen molar-refractivity contribution in [1.82, 2.24) is 15.1 Å². The number of nitrogens with one attached hydrogen (secondary N) is 1. The summed E-state index contributed by atoms with van der Waals surface area (Å²) >= 11 is 0. The van der Waals surface area contributed by atoms with E-state index in [4.69, 9.17) is 5.73 Å². The SMILES string of the molecule is Cn1nc(C(=O)NC(C)(C)CN)c2ccccc21. The number of carbonyl (C=O) groups excluding carboxylic acids is 1. The van der Waals surface area contributed by atoms with Gasteiger partial charge in [-0.1, -0.05) is 18.2 Å². The first-order chi connectivity index (χ1) is 8.44. The molecular formula is C13H18N4O. The molecule has 0 saturated carbocycles. The number of hydrogen-bond acceptors (Lipinski definition) is 3. The molecule has 0 spiro atoms. The van der Waals surface area contributed by atoms with Gasteiger partial charge >= 0.3 is 0 Å². The van der Waals surface area contributed by atoms with Crippen LogP contribution in [0.4, 0.5) is 0 Å². The van der Waals surface area contributed by atoms with Gasteiger partial charge in [0.25, 0.3) is 5.91 Å². The number of rotatable bonds is 3. The zero-order chi connectivity index (χ0) is 13.3. The molecule has 0 aliphatic heterocycles. The number of para-hydroxylation sites is 1. The van der Waals surface area contributed by atoms with Gasteiger partial charge in [-0.2, -0.15) is 5.10 Å². The number of hydrogen-bond donors (Lipinski definition) is 2. The molecule has 0 radical (unpaired) electrons. The Morgan fingerprint density at radius 3 is 2.78 bits per heavy atom. The van der Waals surface area contributed by atoms with E-state index >= 15 is 0 Å². The van der Waals surface area contributed by atoms with Crippen molar-refractivity contribution in [3.8, 4) is 0 Å². The highest BCUT2D eigenvalue weighted by Gasteiger charge is 2.22. The second-order valence-electron chi connectivity index (χ2n) is 5.03. The van der Waals surface area contributed by atoms with Crippen LogP contribution in [-0.4, -0.2) is 27.8 Å². The lowest BCUT2D eigenvalue weighted by Crippen LogP contribution is -2.49. The minimum absolute atomic E-state index is 0.192. The molecule has 96 valence electrons. The van der Waals surface area contributed by atoms with Crippen LogP contribution >= 0.6 is 0 Å². The Balaban J connectivity index is 2.40. The summed E-state index contributed by atoms with van der Waals surface area (Å²) in [4.78, 5) is 12.2. The zero-order valence-electron chi connectivity index (χ0n) is 10.9. The van der Waals surface area contributed by atoms with E-state index < -0.39 is 5.54 Å². The molecule has 0 atom stereocenters. The minimum Gasteiger partial charge on any atom is -0.344 e. The Bertz CT molecular complexity index is 586. The lowest BCUT2D eigenvalue weighted by Gasteiger charge is -2.23. The third-order valence-electron chi connectivity index (χ3n) is 2.94. The smallest absolute Gasteiger partial charge is 0.272 e. The topological polar surface area (TPSA) is 72.9 Å². The van der Waals surface area contributed by atoms with E-state index in [0.717, 1.165) is 10.9 Å². The summed E-state index contributed by atoms with van der Waals surface area (Å²) in [6.07, 6.45) is 0. The summed E-state index contributed by atoms with van der Waals surface area (Å²) in [6, 6.07) is 7.66. The molecule has 0 saturated heterocycles. The van der Waals surface area contributed by atoms with Gasteiger partial charge in [0.1, 0.15) is 0 Å². The second kappa shape index (κ2) is 4.42. The number of benzene rings is 1. The lowest BCUT2D eigenvalue weighted by atomic mass is 10.1. The molecule has 0 aliphatic carbocycles. The van der Waals surface area contributed by atoms with Crippen molar-refractivity contribution in [3.63, 3.8) is 0 Å². The summed E-state index contributed by atoms with van der Waals surface area (Å²) in [5.74, 6) is -0.192. The average Bonchev–Trinajstić information content (AvgIpc) is 2.67. The molecule has 1 heterocycles. The van der Waals surface area contributed by atoms with E-state index in [1.165, 1.54) is 0 Å². The summed E-state index contributed by atoms with van der Waals surface area (Å²) < 4.78 is 1.71. The Labute approximate surface area is 106 Å². The monoisotopic (exact) mass is 246 g/mol. The van der Waals surface area contributed by atoms with E-state index in [1.54, 1.807) is 4.68 Å². The van der Waals surface area contributed by atoms with Crippen LogP contribution < -0.4 is 11.1 Å². The number of fused-ring (bicyclic) bond motifs is 1. The molecule has 5 heteroatoms. The fraction of sp³-hybridized carbons (Fsp3) is 0.385. The van der Waals surface area contributed by atoms with Crippen molar-refractivity contribution >= 4 is 16.8 Å². The molecular weight excluding hydrogens is 228 g/mol. The van der Waals surface area contributed by atoms with Crippen molar-refractivity contribution in [2.45, 2.75) is 19.4 Å². The van der Waals surface area contributed by atoms with Crippen LogP contribution in [0.3, 0.4) is 0 Å². The quantitative estimate of drug-likeness (QED) is 0.850. The van der Waals surface area contributed by atoms with E-state index in [0.29, 0.717) is 12.2 Å². The van der Waals surface area contributed by atoms with Crippen molar-refractivity contribution in [1.29, 1.82) is 0 Å². The van der Waals surface area contributed by atoms with Crippen LogP contribution in [0.25, 0.3) is 10.9 Å². The maximum Gasteiger partial charge on any atom is 0.272 e. The maximum atomic E-state index is 12.2. The highest BCUT2D eigenvalue weighted by Crippen LogP contribution is 2.17. The fourth-order valence-electron chi connectivity index (χ4n) is 1.80. The molecule has 1 aromatic heterocycles. The van der Waals surface area contributed by atoms with Gasteiger partial charge in [0, 0.05) is 24.5 Å². The highest BCUT2D eigenvalue weighted by molar-refractivity contribution is 6.05. The van der Waals surface area contributed by atoms with Crippen LogP contribution in [0, 0.1) is 0 Å². The number of amides is 1. The van der Waals surface area contributed by atoms with Gasteiger partial charge in [-0.3, -0.25) is 9.48 Å². The zero-order valence-corrected chi connectivity index (χ0v) is 10.9. The van der Waals surface area contributed by atoms with E-state index in [1.807, 2.05) is 45.2 Å². The first-order valence-electron chi connectivity index (χ1n) is 5.89. The Morgan fingerprint density at radius 2 is 2.11 bits per heavy atom. The standard InChI is InChI=1S/C13H18N4O/c1-13(2,8-14)15-12(18)11-9-6-4-5-7-10(9)17(3)16-11/h4-7H,8,14H2,1-3H3,(H,15,18). The summed E-state index contributed by atoms with van der Waals surface area (Å²) in [7, 11) is 1.83. The first-order valence-corrected chi connectivity index (χ1v) is 5.89. The average molecular weight is 246 g/mol. The molecule has 0 unspecified atom stereocenters.